The second-order valence-corrected chi connectivity index (χ2v) is 5.56. The van der Waals surface area contributed by atoms with Gasteiger partial charge in [-0.2, -0.15) is 0 Å². The molecule has 3 heteroatoms. The largest absolute Gasteiger partial charge is 0.497 e. The van der Waals surface area contributed by atoms with Crippen molar-refractivity contribution in [2.24, 2.45) is 0 Å². The SMILES string of the molecule is CCC1CCCCN1C(C)C(=O)c1ccc(OC)cc1. The molecule has 0 bridgehead atoms. The maximum Gasteiger partial charge on any atom is 0.179 e. The van der Waals surface area contributed by atoms with E-state index in [2.05, 4.69) is 11.8 Å². The lowest BCUT2D eigenvalue weighted by atomic mass is 9.95. The molecule has 2 atom stereocenters. The molecule has 0 aromatic heterocycles. The maximum atomic E-state index is 12.6. The molecule has 2 rings (SSSR count). The van der Waals surface area contributed by atoms with Gasteiger partial charge in [0.25, 0.3) is 0 Å². The number of methoxy groups -OCH3 is 1. The number of ketones is 1. The van der Waals surface area contributed by atoms with Crippen molar-refractivity contribution in [3.05, 3.63) is 29.8 Å². The Morgan fingerprint density at radius 3 is 2.65 bits per heavy atom. The molecular formula is C17H25NO2. The Labute approximate surface area is 121 Å². The molecule has 1 saturated heterocycles. The minimum atomic E-state index is -0.0337. The first-order chi connectivity index (χ1) is 9.67. The molecular weight excluding hydrogens is 250 g/mol. The molecule has 1 fully saturated rings. The van der Waals surface area contributed by atoms with Crippen LogP contribution < -0.4 is 4.74 Å². The Hall–Kier alpha value is -1.35. The standard InChI is InChI=1S/C17H25NO2/c1-4-15-7-5-6-12-18(15)13(2)17(19)14-8-10-16(20-3)11-9-14/h8-11,13,15H,4-7,12H2,1-3H3. The molecule has 1 aromatic rings. The van der Waals surface area contributed by atoms with E-state index in [1.165, 1.54) is 19.3 Å². The van der Waals surface area contributed by atoms with Crippen LogP contribution in [0.25, 0.3) is 0 Å². The van der Waals surface area contributed by atoms with Crippen LogP contribution in [0, 0.1) is 0 Å². The smallest absolute Gasteiger partial charge is 0.179 e. The summed E-state index contributed by atoms with van der Waals surface area (Å²) in [6, 6.07) is 7.96. The third kappa shape index (κ3) is 3.21. The molecule has 1 aliphatic rings. The molecule has 0 N–H and O–H groups in total. The van der Waals surface area contributed by atoms with Crippen molar-refractivity contribution in [2.45, 2.75) is 51.6 Å². The Bertz CT molecular complexity index is 441. The number of ether oxygens (including phenoxy) is 1. The fourth-order valence-electron chi connectivity index (χ4n) is 3.12. The summed E-state index contributed by atoms with van der Waals surface area (Å²) >= 11 is 0. The number of piperidine rings is 1. The van der Waals surface area contributed by atoms with Crippen molar-refractivity contribution in [3.8, 4) is 5.75 Å². The van der Waals surface area contributed by atoms with Crippen LogP contribution in [0.1, 0.15) is 49.9 Å². The van der Waals surface area contributed by atoms with Crippen molar-refractivity contribution in [1.29, 1.82) is 0 Å². The Morgan fingerprint density at radius 2 is 2.05 bits per heavy atom. The number of nitrogens with zero attached hydrogens (tertiary/aromatic N) is 1. The molecule has 0 spiro atoms. The monoisotopic (exact) mass is 275 g/mol. The molecule has 0 saturated carbocycles. The maximum absolute atomic E-state index is 12.6. The summed E-state index contributed by atoms with van der Waals surface area (Å²) < 4.78 is 5.14. The van der Waals surface area contributed by atoms with Gasteiger partial charge in [-0.05, 0) is 57.0 Å². The molecule has 3 nitrogen and oxygen atoms in total. The van der Waals surface area contributed by atoms with Gasteiger partial charge < -0.3 is 4.74 Å². The van der Waals surface area contributed by atoms with Crippen molar-refractivity contribution >= 4 is 5.78 Å². The molecule has 0 aliphatic carbocycles. The highest BCUT2D eigenvalue weighted by Gasteiger charge is 2.29. The zero-order chi connectivity index (χ0) is 14.5. The normalized spacial score (nSPS) is 21.4. The molecule has 0 amide bonds. The summed E-state index contributed by atoms with van der Waals surface area (Å²) in [5.74, 6) is 1.01. The van der Waals surface area contributed by atoms with Crippen LogP contribution in [0.3, 0.4) is 0 Å². The summed E-state index contributed by atoms with van der Waals surface area (Å²) in [5, 5.41) is 0. The minimum absolute atomic E-state index is 0.0337. The zero-order valence-electron chi connectivity index (χ0n) is 12.8. The van der Waals surface area contributed by atoms with Gasteiger partial charge in [0.05, 0.1) is 13.2 Å². The predicted octanol–water partition coefficient (Wildman–Crippen LogP) is 3.53. The lowest BCUT2D eigenvalue weighted by molar-refractivity contribution is 0.0661. The molecule has 1 heterocycles. The number of hydrogen-bond acceptors (Lipinski definition) is 3. The predicted molar refractivity (Wildman–Crippen MR) is 81.4 cm³/mol. The Balaban J connectivity index is 2.10. The molecule has 1 aromatic carbocycles. The van der Waals surface area contributed by atoms with E-state index >= 15 is 0 Å². The highest BCUT2D eigenvalue weighted by Crippen LogP contribution is 2.24. The van der Waals surface area contributed by atoms with Gasteiger partial charge in [-0.3, -0.25) is 9.69 Å². The van der Waals surface area contributed by atoms with Crippen LogP contribution in [-0.4, -0.2) is 36.4 Å². The van der Waals surface area contributed by atoms with E-state index in [0.717, 1.165) is 24.3 Å². The third-order valence-corrected chi connectivity index (χ3v) is 4.40. The lowest BCUT2D eigenvalue weighted by Crippen LogP contribution is -2.48. The van der Waals surface area contributed by atoms with E-state index < -0.39 is 0 Å². The van der Waals surface area contributed by atoms with Gasteiger partial charge in [0.2, 0.25) is 0 Å². The van der Waals surface area contributed by atoms with Crippen LogP contribution in [0.5, 0.6) is 5.75 Å². The van der Waals surface area contributed by atoms with Crippen LogP contribution in [-0.2, 0) is 0 Å². The molecule has 110 valence electrons. The average Bonchev–Trinajstić information content (AvgIpc) is 2.53. The second-order valence-electron chi connectivity index (χ2n) is 5.56. The Kier molecular flexibility index (Phi) is 5.18. The van der Waals surface area contributed by atoms with Gasteiger partial charge in [0, 0.05) is 11.6 Å². The number of hydrogen-bond donors (Lipinski definition) is 0. The summed E-state index contributed by atoms with van der Waals surface area (Å²) in [6.07, 6.45) is 4.84. The van der Waals surface area contributed by atoms with Crippen LogP contribution in [0.2, 0.25) is 0 Å². The average molecular weight is 275 g/mol. The van der Waals surface area contributed by atoms with Crippen molar-refractivity contribution in [3.63, 3.8) is 0 Å². The number of rotatable bonds is 5. The van der Waals surface area contributed by atoms with Crippen LogP contribution >= 0.6 is 0 Å². The molecule has 2 unspecified atom stereocenters. The van der Waals surface area contributed by atoms with Gasteiger partial charge in [-0.25, -0.2) is 0 Å². The summed E-state index contributed by atoms with van der Waals surface area (Å²) in [5.41, 5.74) is 0.777. The molecule has 0 radical (unpaired) electrons. The number of likely N-dealkylation sites (tertiary alicyclic amines) is 1. The number of Topliss-reactive ketones (excluding diaryl/α,β-unsaturated/α-hetero) is 1. The van der Waals surface area contributed by atoms with Crippen molar-refractivity contribution < 1.29 is 9.53 Å². The summed E-state index contributed by atoms with van der Waals surface area (Å²) in [6.45, 7) is 5.30. The van der Waals surface area contributed by atoms with Gasteiger partial charge in [-0.1, -0.05) is 13.3 Å². The van der Waals surface area contributed by atoms with Gasteiger partial charge in [0.15, 0.2) is 5.78 Å². The quantitative estimate of drug-likeness (QED) is 0.770. The molecule has 20 heavy (non-hydrogen) atoms. The van der Waals surface area contributed by atoms with Crippen LogP contribution in [0.4, 0.5) is 0 Å². The summed E-state index contributed by atoms with van der Waals surface area (Å²) in [7, 11) is 1.64. The first-order valence-corrected chi connectivity index (χ1v) is 7.61. The zero-order valence-corrected chi connectivity index (χ0v) is 12.8. The van der Waals surface area contributed by atoms with Crippen molar-refractivity contribution in [1.82, 2.24) is 4.90 Å². The van der Waals surface area contributed by atoms with E-state index in [9.17, 15) is 4.79 Å². The minimum Gasteiger partial charge on any atom is -0.497 e. The highest BCUT2D eigenvalue weighted by molar-refractivity contribution is 6.00. The fraction of sp³-hybridized carbons (Fsp3) is 0.588. The first-order valence-electron chi connectivity index (χ1n) is 7.61. The highest BCUT2D eigenvalue weighted by atomic mass is 16.5. The second kappa shape index (κ2) is 6.89. The van der Waals surface area contributed by atoms with E-state index in [-0.39, 0.29) is 11.8 Å². The fourth-order valence-corrected chi connectivity index (χ4v) is 3.12. The molecule has 1 aliphatic heterocycles. The van der Waals surface area contributed by atoms with E-state index in [4.69, 9.17) is 4.74 Å². The van der Waals surface area contributed by atoms with E-state index in [1.54, 1.807) is 7.11 Å². The number of carbonyl (C=O) groups is 1. The van der Waals surface area contributed by atoms with Gasteiger partial charge in [0.1, 0.15) is 5.75 Å². The number of carbonyl (C=O) groups excluding carboxylic acids is 1. The van der Waals surface area contributed by atoms with Crippen LogP contribution in [0.15, 0.2) is 24.3 Å². The topological polar surface area (TPSA) is 29.5 Å². The summed E-state index contributed by atoms with van der Waals surface area (Å²) in [4.78, 5) is 15.0. The number of benzene rings is 1. The van der Waals surface area contributed by atoms with E-state index in [1.807, 2.05) is 31.2 Å². The van der Waals surface area contributed by atoms with Gasteiger partial charge in [-0.15, -0.1) is 0 Å². The van der Waals surface area contributed by atoms with Gasteiger partial charge >= 0.3 is 0 Å². The van der Waals surface area contributed by atoms with Crippen molar-refractivity contribution in [2.75, 3.05) is 13.7 Å². The lowest BCUT2D eigenvalue weighted by Gasteiger charge is -2.38. The van der Waals surface area contributed by atoms with E-state index in [0.29, 0.717) is 6.04 Å². The first kappa shape index (κ1) is 15.0. The Morgan fingerprint density at radius 1 is 1.35 bits per heavy atom. The third-order valence-electron chi connectivity index (χ3n) is 4.40.